The van der Waals surface area contributed by atoms with Gasteiger partial charge in [0.2, 0.25) is 0 Å². The van der Waals surface area contributed by atoms with Crippen molar-refractivity contribution in [2.24, 2.45) is 16.5 Å². The molecule has 1 atom stereocenters. The van der Waals surface area contributed by atoms with Crippen molar-refractivity contribution < 1.29 is 4.74 Å². The third-order valence-electron chi connectivity index (χ3n) is 2.69. The second kappa shape index (κ2) is 5.49. The molecule has 4 N–H and O–H groups in total. The molecule has 2 heterocycles. The number of ether oxygens (including phenoxy) is 1. The Balaban J connectivity index is 2.21. The molecule has 0 aliphatic carbocycles. The molecule has 1 saturated heterocycles. The summed E-state index contributed by atoms with van der Waals surface area (Å²) in [4.78, 5) is 3.80. The molecule has 1 fully saturated rings. The van der Waals surface area contributed by atoms with E-state index in [1.165, 1.54) is 12.5 Å². The van der Waals surface area contributed by atoms with Gasteiger partial charge in [-0.15, -0.1) is 0 Å². The fourth-order valence-corrected chi connectivity index (χ4v) is 1.88. The Morgan fingerprint density at radius 3 is 3.18 bits per heavy atom. The van der Waals surface area contributed by atoms with Gasteiger partial charge in [-0.05, 0) is 25.3 Å². The fourth-order valence-electron chi connectivity index (χ4n) is 1.88. The van der Waals surface area contributed by atoms with Crippen molar-refractivity contribution in [2.75, 3.05) is 6.61 Å². The lowest BCUT2D eigenvalue weighted by atomic mass is 10.2. The molecule has 2 rings (SSSR count). The van der Waals surface area contributed by atoms with E-state index in [9.17, 15) is 0 Å². The topological polar surface area (TPSA) is 91.5 Å². The van der Waals surface area contributed by atoms with E-state index < -0.39 is 0 Å². The van der Waals surface area contributed by atoms with Gasteiger partial charge in [0, 0.05) is 12.8 Å². The smallest absolute Gasteiger partial charge is 0.150 e. The van der Waals surface area contributed by atoms with Crippen molar-refractivity contribution in [3.05, 3.63) is 24.2 Å². The SMILES string of the molecule is NC=N/C=C(\N)c1ccnn1C1CCCCO1. The van der Waals surface area contributed by atoms with Crippen LogP contribution in [0.2, 0.25) is 0 Å². The minimum atomic E-state index is -0.0254. The number of hydrogen-bond donors (Lipinski definition) is 2. The van der Waals surface area contributed by atoms with Crippen molar-refractivity contribution in [2.45, 2.75) is 25.5 Å². The summed E-state index contributed by atoms with van der Waals surface area (Å²) in [6, 6.07) is 1.84. The zero-order valence-corrected chi connectivity index (χ0v) is 9.62. The zero-order valence-electron chi connectivity index (χ0n) is 9.62. The summed E-state index contributed by atoms with van der Waals surface area (Å²) >= 11 is 0. The Kier molecular flexibility index (Phi) is 3.77. The summed E-state index contributed by atoms with van der Waals surface area (Å²) in [6.45, 7) is 0.772. The Morgan fingerprint density at radius 2 is 2.47 bits per heavy atom. The third-order valence-corrected chi connectivity index (χ3v) is 2.69. The normalized spacial score (nSPS) is 22.1. The molecule has 6 nitrogen and oxygen atoms in total. The van der Waals surface area contributed by atoms with Crippen LogP contribution in [-0.4, -0.2) is 22.7 Å². The molecule has 1 aliphatic rings. The number of hydrogen-bond acceptors (Lipinski definition) is 4. The van der Waals surface area contributed by atoms with Crippen LogP contribution in [0, 0.1) is 0 Å². The minimum Gasteiger partial charge on any atom is -0.396 e. The molecule has 92 valence electrons. The van der Waals surface area contributed by atoms with Gasteiger partial charge in [-0.2, -0.15) is 5.10 Å². The van der Waals surface area contributed by atoms with Crippen LogP contribution in [0.15, 0.2) is 23.5 Å². The van der Waals surface area contributed by atoms with E-state index >= 15 is 0 Å². The molecular weight excluding hydrogens is 218 g/mol. The van der Waals surface area contributed by atoms with Gasteiger partial charge >= 0.3 is 0 Å². The largest absolute Gasteiger partial charge is 0.396 e. The number of nitrogens with zero attached hydrogens (tertiary/aromatic N) is 3. The molecule has 0 saturated carbocycles. The van der Waals surface area contributed by atoms with Crippen LogP contribution in [0.1, 0.15) is 31.2 Å². The summed E-state index contributed by atoms with van der Waals surface area (Å²) in [5.41, 5.74) is 12.4. The van der Waals surface area contributed by atoms with E-state index in [-0.39, 0.29) is 6.23 Å². The quantitative estimate of drug-likeness (QED) is 0.599. The maximum Gasteiger partial charge on any atom is 0.150 e. The summed E-state index contributed by atoms with van der Waals surface area (Å²) in [6.07, 6.45) is 7.61. The van der Waals surface area contributed by atoms with Crippen LogP contribution in [0.5, 0.6) is 0 Å². The van der Waals surface area contributed by atoms with Gasteiger partial charge in [0.05, 0.1) is 23.9 Å². The molecule has 1 aromatic heterocycles. The highest BCUT2D eigenvalue weighted by Crippen LogP contribution is 2.24. The molecule has 0 radical (unpaired) electrons. The van der Waals surface area contributed by atoms with Crippen LogP contribution in [0.3, 0.4) is 0 Å². The monoisotopic (exact) mass is 235 g/mol. The predicted octanol–water partition coefficient (Wildman–Crippen LogP) is 0.826. The Hall–Kier alpha value is -1.82. The van der Waals surface area contributed by atoms with Crippen molar-refractivity contribution in [3.8, 4) is 0 Å². The van der Waals surface area contributed by atoms with Crippen LogP contribution >= 0.6 is 0 Å². The number of nitrogens with two attached hydrogens (primary N) is 2. The predicted molar refractivity (Wildman–Crippen MR) is 65.9 cm³/mol. The van der Waals surface area contributed by atoms with Gasteiger partial charge in [-0.25, -0.2) is 9.67 Å². The van der Waals surface area contributed by atoms with Crippen molar-refractivity contribution in [1.82, 2.24) is 9.78 Å². The second-order valence-electron chi connectivity index (χ2n) is 3.86. The van der Waals surface area contributed by atoms with Crippen molar-refractivity contribution in [1.29, 1.82) is 0 Å². The summed E-state index contributed by atoms with van der Waals surface area (Å²) < 4.78 is 7.47. The highest BCUT2D eigenvalue weighted by atomic mass is 16.5. The molecule has 1 unspecified atom stereocenters. The van der Waals surface area contributed by atoms with Gasteiger partial charge in [-0.1, -0.05) is 0 Å². The number of rotatable bonds is 3. The maximum atomic E-state index is 5.91. The van der Waals surface area contributed by atoms with E-state index in [0.717, 1.165) is 31.6 Å². The average molecular weight is 235 g/mol. The Bertz CT molecular complexity index is 417. The van der Waals surface area contributed by atoms with Gasteiger partial charge in [-0.3, -0.25) is 0 Å². The first-order valence-corrected chi connectivity index (χ1v) is 5.67. The Morgan fingerprint density at radius 1 is 1.59 bits per heavy atom. The Labute approximate surface area is 100.0 Å². The fraction of sp³-hybridized carbons (Fsp3) is 0.455. The summed E-state index contributed by atoms with van der Waals surface area (Å²) in [7, 11) is 0. The second-order valence-corrected chi connectivity index (χ2v) is 3.86. The van der Waals surface area contributed by atoms with E-state index in [0.29, 0.717) is 5.70 Å². The first kappa shape index (κ1) is 11.7. The lowest BCUT2D eigenvalue weighted by molar-refractivity contribution is -0.0399. The van der Waals surface area contributed by atoms with Gasteiger partial charge < -0.3 is 16.2 Å². The van der Waals surface area contributed by atoms with Gasteiger partial charge in [0.1, 0.15) is 0 Å². The van der Waals surface area contributed by atoms with Crippen LogP contribution in [0.4, 0.5) is 0 Å². The summed E-state index contributed by atoms with van der Waals surface area (Å²) in [5, 5.41) is 4.26. The van der Waals surface area contributed by atoms with Gasteiger partial charge in [0.25, 0.3) is 0 Å². The highest BCUT2D eigenvalue weighted by Gasteiger charge is 2.19. The highest BCUT2D eigenvalue weighted by molar-refractivity contribution is 5.62. The molecule has 1 aromatic rings. The maximum absolute atomic E-state index is 5.91. The molecule has 0 aromatic carbocycles. The van der Waals surface area contributed by atoms with Crippen molar-refractivity contribution in [3.63, 3.8) is 0 Å². The van der Waals surface area contributed by atoms with Crippen molar-refractivity contribution >= 4 is 12.0 Å². The van der Waals surface area contributed by atoms with E-state index in [2.05, 4.69) is 10.1 Å². The average Bonchev–Trinajstić information content (AvgIpc) is 2.86. The third kappa shape index (κ3) is 2.65. The van der Waals surface area contributed by atoms with E-state index in [4.69, 9.17) is 16.2 Å². The van der Waals surface area contributed by atoms with Crippen LogP contribution in [0.25, 0.3) is 5.70 Å². The molecular formula is C11H17N5O. The molecule has 0 bridgehead atoms. The van der Waals surface area contributed by atoms with Crippen LogP contribution in [-0.2, 0) is 4.74 Å². The van der Waals surface area contributed by atoms with E-state index in [1.807, 2.05) is 6.07 Å². The van der Waals surface area contributed by atoms with Gasteiger partial charge in [0.15, 0.2) is 6.23 Å². The minimum absolute atomic E-state index is 0.0254. The molecule has 17 heavy (non-hydrogen) atoms. The summed E-state index contributed by atoms with van der Waals surface area (Å²) in [5.74, 6) is 0. The molecule has 0 amide bonds. The lowest BCUT2D eigenvalue weighted by Gasteiger charge is -2.24. The first-order chi connectivity index (χ1) is 8.33. The molecule has 6 heteroatoms. The first-order valence-electron chi connectivity index (χ1n) is 5.67. The number of aromatic nitrogens is 2. The molecule has 0 spiro atoms. The van der Waals surface area contributed by atoms with E-state index in [1.54, 1.807) is 10.9 Å². The molecule has 1 aliphatic heterocycles. The van der Waals surface area contributed by atoms with Crippen LogP contribution < -0.4 is 11.5 Å². The zero-order chi connectivity index (χ0) is 12.1. The standard InChI is InChI=1S/C11H17N5O/c12-8-14-7-9(13)10-4-5-15-16(10)11-3-1-2-6-17-11/h4-5,7-8,11H,1-3,6,13H2,(H2,12,14)/b9-7-. The lowest BCUT2D eigenvalue weighted by Crippen LogP contribution is -2.21. The number of aliphatic imine (C=N–C) groups is 1.